The summed E-state index contributed by atoms with van der Waals surface area (Å²) in [4.78, 5) is 15.1. The molecule has 4 aliphatic carbocycles. The van der Waals surface area contributed by atoms with E-state index in [-0.39, 0.29) is 34.9 Å². The van der Waals surface area contributed by atoms with E-state index in [1.807, 2.05) is 14.0 Å². The molecule has 6 nitrogen and oxygen atoms in total. The van der Waals surface area contributed by atoms with E-state index in [1.165, 1.54) is 23.4 Å². The molecule has 4 aliphatic rings. The number of Topliss-reactive ketones (excluding diaryl/α,β-unsaturated/α-hetero) is 1. The molecule has 4 fully saturated rings. The molecule has 8 atom stereocenters. The van der Waals surface area contributed by atoms with E-state index in [0.717, 1.165) is 58.0 Å². The van der Waals surface area contributed by atoms with Crippen LogP contribution in [0.1, 0.15) is 71.6 Å². The van der Waals surface area contributed by atoms with Gasteiger partial charge in [0.15, 0.2) is 5.78 Å². The van der Waals surface area contributed by atoms with E-state index in [1.54, 1.807) is 6.07 Å². The van der Waals surface area contributed by atoms with Crippen molar-refractivity contribution in [1.29, 1.82) is 0 Å². The number of halogens is 1. The fraction of sp³-hybridized carbons (Fsp3) is 0.759. The Hall–Kier alpha value is -1.86. The van der Waals surface area contributed by atoms with E-state index in [9.17, 15) is 14.3 Å². The van der Waals surface area contributed by atoms with Gasteiger partial charge in [0, 0.05) is 19.1 Å². The average molecular weight is 498 g/mol. The van der Waals surface area contributed by atoms with Crippen LogP contribution in [0.15, 0.2) is 18.2 Å². The number of hydrogen-bond donors (Lipinski definition) is 1. The van der Waals surface area contributed by atoms with Gasteiger partial charge < -0.3 is 9.84 Å². The number of ether oxygens (including phenoxy) is 1. The van der Waals surface area contributed by atoms with Crippen molar-refractivity contribution in [1.82, 2.24) is 15.0 Å². The summed E-state index contributed by atoms with van der Waals surface area (Å²) in [7, 11) is 1.83. The SMILES string of the molecule is COC[C@]12CC[C@@](C)(O)C[C@@H]1CC[C@H]1[C@@H]3CC[C@H](C(=O)Cn4nc5ccc(F)cc5n4)[C@@]3(C)CC[C@@H]12. The lowest BCUT2D eigenvalue weighted by Gasteiger charge is -2.62. The molecule has 0 unspecified atom stereocenters. The first kappa shape index (κ1) is 24.5. The molecule has 4 saturated carbocycles. The molecule has 0 spiro atoms. The van der Waals surface area contributed by atoms with Crippen molar-refractivity contribution < 1.29 is 19.0 Å². The molecule has 0 radical (unpaired) electrons. The fourth-order valence-electron chi connectivity index (χ4n) is 9.56. The Morgan fingerprint density at radius 1 is 1.08 bits per heavy atom. The molecule has 196 valence electrons. The van der Waals surface area contributed by atoms with Crippen LogP contribution >= 0.6 is 0 Å². The molecule has 1 aromatic carbocycles. The van der Waals surface area contributed by atoms with Crippen LogP contribution in [0.5, 0.6) is 0 Å². The van der Waals surface area contributed by atoms with E-state index >= 15 is 0 Å². The van der Waals surface area contributed by atoms with Crippen molar-refractivity contribution in [3.8, 4) is 0 Å². The molecular formula is C29H40FN3O3. The summed E-state index contributed by atoms with van der Waals surface area (Å²) >= 11 is 0. The van der Waals surface area contributed by atoms with Crippen LogP contribution in [0.4, 0.5) is 4.39 Å². The molecule has 7 heteroatoms. The lowest BCUT2D eigenvalue weighted by molar-refractivity contribution is -0.175. The molecule has 6 rings (SSSR count). The Morgan fingerprint density at radius 2 is 1.89 bits per heavy atom. The maximum absolute atomic E-state index is 13.6. The predicted octanol–water partition coefficient (Wildman–Crippen LogP) is 5.18. The van der Waals surface area contributed by atoms with Gasteiger partial charge in [-0.05, 0) is 111 Å². The summed E-state index contributed by atoms with van der Waals surface area (Å²) in [6, 6.07) is 4.36. The van der Waals surface area contributed by atoms with Crippen molar-refractivity contribution in [2.24, 2.45) is 40.4 Å². The van der Waals surface area contributed by atoms with Gasteiger partial charge in [0.25, 0.3) is 0 Å². The van der Waals surface area contributed by atoms with E-state index in [0.29, 0.717) is 34.7 Å². The Bertz CT molecular complexity index is 1160. The third-order valence-corrected chi connectivity index (χ3v) is 11.1. The monoisotopic (exact) mass is 497 g/mol. The highest BCUT2D eigenvalue weighted by molar-refractivity contribution is 5.82. The van der Waals surface area contributed by atoms with E-state index < -0.39 is 5.60 Å². The quantitative estimate of drug-likeness (QED) is 0.616. The molecule has 2 aromatic rings. The highest BCUT2D eigenvalue weighted by Crippen LogP contribution is 2.68. The molecule has 1 N–H and O–H groups in total. The number of aliphatic hydroxyl groups is 1. The van der Waals surface area contributed by atoms with Crippen LogP contribution in [0, 0.1) is 46.2 Å². The van der Waals surface area contributed by atoms with Gasteiger partial charge in [-0.2, -0.15) is 15.0 Å². The minimum atomic E-state index is -0.556. The minimum absolute atomic E-state index is 0.0121. The first-order valence-electron chi connectivity index (χ1n) is 13.9. The van der Waals surface area contributed by atoms with Crippen molar-refractivity contribution >= 4 is 16.8 Å². The van der Waals surface area contributed by atoms with Crippen molar-refractivity contribution in [3.05, 3.63) is 24.0 Å². The topological polar surface area (TPSA) is 77.2 Å². The van der Waals surface area contributed by atoms with Gasteiger partial charge in [0.05, 0.1) is 12.2 Å². The molecule has 0 bridgehead atoms. The number of nitrogens with zero attached hydrogens (tertiary/aromatic N) is 3. The lowest BCUT2D eigenvalue weighted by atomic mass is 9.43. The standard InChI is InChI=1S/C29H40FN3O3/c1-27(35)12-13-29(17-36-3)18(15-27)4-6-20-21-7-8-23(28(21,2)11-10-22(20)29)26(34)16-33-31-24-9-5-19(30)14-25(24)32-33/h5,9,14,18,20-23,35H,4,6-8,10-13,15-17H2,1-3H3/t18-,20-,21-,22-,23+,27+,28-,29+/m0/s1. The maximum atomic E-state index is 13.6. The summed E-state index contributed by atoms with van der Waals surface area (Å²) in [6.07, 6.45) is 9.42. The van der Waals surface area contributed by atoms with Crippen molar-refractivity contribution in [2.75, 3.05) is 13.7 Å². The van der Waals surface area contributed by atoms with Gasteiger partial charge in [0.2, 0.25) is 0 Å². The third kappa shape index (κ3) is 3.75. The molecule has 1 heterocycles. The van der Waals surface area contributed by atoms with Gasteiger partial charge in [-0.3, -0.25) is 4.79 Å². The van der Waals surface area contributed by atoms with Crippen LogP contribution < -0.4 is 0 Å². The smallest absolute Gasteiger partial charge is 0.159 e. The molecule has 0 aliphatic heterocycles. The zero-order valence-electron chi connectivity index (χ0n) is 21.9. The third-order valence-electron chi connectivity index (χ3n) is 11.1. The summed E-state index contributed by atoms with van der Waals surface area (Å²) in [6.45, 7) is 5.32. The van der Waals surface area contributed by atoms with Crippen LogP contribution in [0.3, 0.4) is 0 Å². The number of hydrogen-bond acceptors (Lipinski definition) is 5. The largest absolute Gasteiger partial charge is 0.390 e. The van der Waals surface area contributed by atoms with Gasteiger partial charge in [0.1, 0.15) is 23.4 Å². The second-order valence-electron chi connectivity index (χ2n) is 13.0. The first-order chi connectivity index (χ1) is 17.1. The lowest BCUT2D eigenvalue weighted by Crippen LogP contribution is -2.58. The van der Waals surface area contributed by atoms with Crippen molar-refractivity contribution in [2.45, 2.75) is 83.8 Å². The first-order valence-corrected chi connectivity index (χ1v) is 13.9. The molecular weight excluding hydrogens is 457 g/mol. The molecule has 0 saturated heterocycles. The summed E-state index contributed by atoms with van der Waals surface area (Å²) in [5.41, 5.74) is 0.729. The Balaban J connectivity index is 1.22. The highest BCUT2D eigenvalue weighted by atomic mass is 19.1. The van der Waals surface area contributed by atoms with E-state index in [2.05, 4.69) is 17.1 Å². The number of aromatic nitrogens is 3. The van der Waals surface area contributed by atoms with Crippen LogP contribution in [0.2, 0.25) is 0 Å². The highest BCUT2D eigenvalue weighted by Gasteiger charge is 2.63. The number of carbonyl (C=O) groups is 1. The van der Waals surface area contributed by atoms with Crippen molar-refractivity contribution in [3.63, 3.8) is 0 Å². The number of rotatable bonds is 5. The van der Waals surface area contributed by atoms with Gasteiger partial charge in [-0.25, -0.2) is 4.39 Å². The second-order valence-corrected chi connectivity index (χ2v) is 13.0. The zero-order chi connectivity index (χ0) is 25.3. The summed E-state index contributed by atoms with van der Waals surface area (Å²) < 4.78 is 19.5. The van der Waals surface area contributed by atoms with Crippen LogP contribution in [-0.4, -0.2) is 45.2 Å². The second kappa shape index (κ2) is 8.59. The molecule has 0 amide bonds. The van der Waals surface area contributed by atoms with Gasteiger partial charge in [-0.1, -0.05) is 6.92 Å². The summed E-state index contributed by atoms with van der Waals surface area (Å²) in [5, 5.41) is 19.7. The van der Waals surface area contributed by atoms with Crippen LogP contribution in [0.25, 0.3) is 11.0 Å². The normalized spacial score (nSPS) is 42.1. The zero-order valence-corrected chi connectivity index (χ0v) is 21.9. The number of fused-ring (bicyclic) bond motifs is 6. The maximum Gasteiger partial charge on any atom is 0.159 e. The minimum Gasteiger partial charge on any atom is -0.390 e. The van der Waals surface area contributed by atoms with Gasteiger partial charge in [-0.15, -0.1) is 0 Å². The fourth-order valence-corrected chi connectivity index (χ4v) is 9.56. The van der Waals surface area contributed by atoms with Gasteiger partial charge >= 0.3 is 0 Å². The van der Waals surface area contributed by atoms with Crippen LogP contribution in [-0.2, 0) is 16.1 Å². The van der Waals surface area contributed by atoms with E-state index in [4.69, 9.17) is 4.74 Å². The number of benzene rings is 1. The Morgan fingerprint density at radius 3 is 2.69 bits per heavy atom. The summed E-state index contributed by atoms with van der Waals surface area (Å²) in [5.74, 6) is 2.23. The predicted molar refractivity (Wildman–Crippen MR) is 135 cm³/mol. The molecule has 1 aromatic heterocycles. The Labute approximate surface area is 213 Å². The average Bonchev–Trinajstić information content (AvgIpc) is 3.38. The number of methoxy groups -OCH3 is 1. The number of carbonyl (C=O) groups excluding carboxylic acids is 1. The molecule has 36 heavy (non-hydrogen) atoms. The Kier molecular flexibility index (Phi) is 5.84. The number of ketones is 1.